The minimum absolute atomic E-state index is 0.0912. The van der Waals surface area contributed by atoms with E-state index in [1.807, 2.05) is 0 Å². The van der Waals surface area contributed by atoms with E-state index >= 15 is 0 Å². The number of carboxylic acid groups (broad SMARTS) is 1. The van der Waals surface area contributed by atoms with Crippen LogP contribution in [0, 0.1) is 16.0 Å². The Kier molecular flexibility index (Phi) is 2.74. The molecule has 0 bridgehead atoms. The van der Waals surface area contributed by atoms with Crippen LogP contribution < -0.4 is 0 Å². The molecule has 0 saturated carbocycles. The SMILES string of the molecule is O=C(O)C1CCc2c(sc3ccc([N+](=O)[O-])cc23)C1. The Labute approximate surface area is 112 Å². The third-order valence-corrected chi connectivity index (χ3v) is 4.83. The molecule has 0 amide bonds. The summed E-state index contributed by atoms with van der Waals surface area (Å²) < 4.78 is 1.00. The van der Waals surface area contributed by atoms with Crippen molar-refractivity contribution in [2.45, 2.75) is 19.3 Å². The first-order chi connectivity index (χ1) is 9.06. The van der Waals surface area contributed by atoms with E-state index in [-0.39, 0.29) is 11.6 Å². The number of hydrogen-bond acceptors (Lipinski definition) is 4. The average molecular weight is 277 g/mol. The first kappa shape index (κ1) is 12.1. The second kappa shape index (κ2) is 4.31. The molecule has 6 heteroatoms. The summed E-state index contributed by atoms with van der Waals surface area (Å²) in [6.45, 7) is 0. The highest BCUT2D eigenvalue weighted by Gasteiger charge is 2.27. The van der Waals surface area contributed by atoms with Gasteiger partial charge in [0.1, 0.15) is 0 Å². The average Bonchev–Trinajstić information content (AvgIpc) is 2.74. The number of aryl methyl sites for hydroxylation is 1. The third kappa shape index (κ3) is 1.98. The van der Waals surface area contributed by atoms with Gasteiger partial charge in [-0.3, -0.25) is 14.9 Å². The normalized spacial score (nSPS) is 18.2. The zero-order chi connectivity index (χ0) is 13.6. The lowest BCUT2D eigenvalue weighted by molar-refractivity contribution is -0.384. The van der Waals surface area contributed by atoms with E-state index in [2.05, 4.69) is 0 Å². The number of hydrogen-bond donors (Lipinski definition) is 1. The highest BCUT2D eigenvalue weighted by molar-refractivity contribution is 7.19. The minimum atomic E-state index is -0.755. The van der Waals surface area contributed by atoms with Crippen molar-refractivity contribution in [2.24, 2.45) is 5.92 Å². The van der Waals surface area contributed by atoms with Crippen LogP contribution in [-0.2, 0) is 17.6 Å². The molecule has 2 aromatic rings. The standard InChI is InChI=1S/C13H11NO4S/c15-13(16)7-1-3-9-10-6-8(14(17)18)2-4-11(10)19-12(9)5-7/h2,4,6-7H,1,3,5H2,(H,15,16). The molecular weight excluding hydrogens is 266 g/mol. The Hall–Kier alpha value is -1.95. The Morgan fingerprint density at radius 2 is 2.26 bits per heavy atom. The molecule has 3 rings (SSSR count). The van der Waals surface area contributed by atoms with Gasteiger partial charge in [-0.1, -0.05) is 0 Å². The zero-order valence-electron chi connectivity index (χ0n) is 9.96. The smallest absolute Gasteiger partial charge is 0.306 e. The van der Waals surface area contributed by atoms with Crippen LogP contribution in [0.15, 0.2) is 18.2 Å². The molecule has 1 aliphatic rings. The molecular formula is C13H11NO4S. The maximum absolute atomic E-state index is 11.0. The number of carbonyl (C=O) groups is 1. The van der Waals surface area contributed by atoms with Gasteiger partial charge in [-0.2, -0.15) is 0 Å². The Balaban J connectivity index is 2.09. The highest BCUT2D eigenvalue weighted by atomic mass is 32.1. The molecule has 19 heavy (non-hydrogen) atoms. The second-order valence-electron chi connectivity index (χ2n) is 4.72. The Morgan fingerprint density at radius 1 is 1.47 bits per heavy atom. The molecule has 0 aliphatic heterocycles. The van der Waals surface area contributed by atoms with Crippen molar-refractivity contribution >= 4 is 33.1 Å². The van der Waals surface area contributed by atoms with Gasteiger partial charge in [0, 0.05) is 27.1 Å². The summed E-state index contributed by atoms with van der Waals surface area (Å²) in [5.41, 5.74) is 1.19. The number of nitro benzene ring substituents is 1. The minimum Gasteiger partial charge on any atom is -0.481 e. The molecule has 0 spiro atoms. The topological polar surface area (TPSA) is 80.4 Å². The molecule has 1 aromatic heterocycles. The van der Waals surface area contributed by atoms with E-state index in [1.165, 1.54) is 6.07 Å². The van der Waals surface area contributed by atoms with Crippen LogP contribution in [0.5, 0.6) is 0 Å². The number of fused-ring (bicyclic) bond motifs is 3. The summed E-state index contributed by atoms with van der Waals surface area (Å²) in [6, 6.07) is 4.86. The van der Waals surface area contributed by atoms with Gasteiger partial charge in [0.2, 0.25) is 0 Å². The number of carboxylic acids is 1. The maximum Gasteiger partial charge on any atom is 0.306 e. The number of nitrogens with zero attached hydrogens (tertiary/aromatic N) is 1. The molecule has 1 atom stereocenters. The summed E-state index contributed by atoms with van der Waals surface area (Å²) in [4.78, 5) is 22.5. The molecule has 1 heterocycles. The number of non-ortho nitro benzene ring substituents is 1. The highest BCUT2D eigenvalue weighted by Crippen LogP contribution is 2.39. The van der Waals surface area contributed by atoms with Crippen molar-refractivity contribution < 1.29 is 14.8 Å². The van der Waals surface area contributed by atoms with Crippen LogP contribution in [0.2, 0.25) is 0 Å². The molecule has 1 unspecified atom stereocenters. The van der Waals surface area contributed by atoms with Crippen LogP contribution in [0.1, 0.15) is 16.9 Å². The number of aliphatic carboxylic acids is 1. The fourth-order valence-electron chi connectivity index (χ4n) is 2.60. The van der Waals surface area contributed by atoms with Crippen LogP contribution in [0.3, 0.4) is 0 Å². The van der Waals surface area contributed by atoms with Gasteiger partial charge in [-0.15, -0.1) is 11.3 Å². The van der Waals surface area contributed by atoms with Crippen LogP contribution in [0.25, 0.3) is 10.1 Å². The lowest BCUT2D eigenvalue weighted by Gasteiger charge is -2.18. The molecule has 1 N–H and O–H groups in total. The van der Waals surface area contributed by atoms with Gasteiger partial charge in [-0.25, -0.2) is 0 Å². The number of thiophene rings is 1. The van der Waals surface area contributed by atoms with Crippen LogP contribution in [-0.4, -0.2) is 16.0 Å². The zero-order valence-corrected chi connectivity index (χ0v) is 10.8. The monoisotopic (exact) mass is 277 g/mol. The van der Waals surface area contributed by atoms with Gasteiger partial charge in [0.25, 0.3) is 5.69 Å². The van der Waals surface area contributed by atoms with Gasteiger partial charge in [-0.05, 0) is 30.9 Å². The van der Waals surface area contributed by atoms with Crippen molar-refractivity contribution in [2.75, 3.05) is 0 Å². The fourth-order valence-corrected chi connectivity index (χ4v) is 3.91. The largest absolute Gasteiger partial charge is 0.481 e. The predicted octanol–water partition coefficient (Wildman–Crippen LogP) is 3.00. The fraction of sp³-hybridized carbons (Fsp3) is 0.308. The van der Waals surface area contributed by atoms with Gasteiger partial charge < -0.3 is 5.11 Å². The molecule has 1 aromatic carbocycles. The maximum atomic E-state index is 11.0. The lowest BCUT2D eigenvalue weighted by Crippen LogP contribution is -2.20. The van der Waals surface area contributed by atoms with E-state index in [4.69, 9.17) is 5.11 Å². The van der Waals surface area contributed by atoms with E-state index in [0.29, 0.717) is 19.3 Å². The molecule has 98 valence electrons. The lowest BCUT2D eigenvalue weighted by atomic mass is 9.87. The number of benzene rings is 1. The quantitative estimate of drug-likeness (QED) is 0.676. The van der Waals surface area contributed by atoms with Crippen molar-refractivity contribution in [1.29, 1.82) is 0 Å². The van der Waals surface area contributed by atoms with Gasteiger partial charge in [0.05, 0.1) is 10.8 Å². The summed E-state index contributed by atoms with van der Waals surface area (Å²) in [5.74, 6) is -1.08. The first-order valence-electron chi connectivity index (χ1n) is 5.98. The number of rotatable bonds is 2. The molecule has 5 nitrogen and oxygen atoms in total. The summed E-state index contributed by atoms with van der Waals surface area (Å²) >= 11 is 1.56. The first-order valence-corrected chi connectivity index (χ1v) is 6.79. The predicted molar refractivity (Wildman–Crippen MR) is 71.6 cm³/mol. The van der Waals surface area contributed by atoms with E-state index in [1.54, 1.807) is 23.5 Å². The summed E-state index contributed by atoms with van der Waals surface area (Å²) in [6.07, 6.45) is 1.84. The number of nitro groups is 1. The van der Waals surface area contributed by atoms with E-state index in [9.17, 15) is 14.9 Å². The van der Waals surface area contributed by atoms with Gasteiger partial charge in [0.15, 0.2) is 0 Å². The molecule has 0 radical (unpaired) electrons. The van der Waals surface area contributed by atoms with Crippen molar-refractivity contribution in [3.8, 4) is 0 Å². The molecule has 1 aliphatic carbocycles. The van der Waals surface area contributed by atoms with E-state index in [0.717, 1.165) is 20.5 Å². The Bertz CT molecular complexity index is 691. The van der Waals surface area contributed by atoms with Crippen molar-refractivity contribution in [3.05, 3.63) is 38.8 Å². The van der Waals surface area contributed by atoms with Crippen molar-refractivity contribution in [3.63, 3.8) is 0 Å². The van der Waals surface area contributed by atoms with Crippen molar-refractivity contribution in [1.82, 2.24) is 0 Å². The second-order valence-corrected chi connectivity index (χ2v) is 5.86. The van der Waals surface area contributed by atoms with Gasteiger partial charge >= 0.3 is 5.97 Å². The molecule has 0 saturated heterocycles. The third-order valence-electron chi connectivity index (χ3n) is 3.59. The molecule has 0 fully saturated rings. The summed E-state index contributed by atoms with van der Waals surface area (Å²) in [5, 5.41) is 20.8. The van der Waals surface area contributed by atoms with Crippen LogP contribution in [0.4, 0.5) is 5.69 Å². The Morgan fingerprint density at radius 3 is 2.95 bits per heavy atom. The van der Waals surface area contributed by atoms with E-state index < -0.39 is 10.9 Å². The summed E-state index contributed by atoms with van der Waals surface area (Å²) in [7, 11) is 0. The van der Waals surface area contributed by atoms with Crippen LogP contribution >= 0.6 is 11.3 Å².